The predicted molar refractivity (Wildman–Crippen MR) is 111 cm³/mol. The van der Waals surface area contributed by atoms with E-state index in [9.17, 15) is 9.59 Å². The Morgan fingerprint density at radius 3 is 2.87 bits per heavy atom. The van der Waals surface area contributed by atoms with Gasteiger partial charge in [0.1, 0.15) is 17.9 Å². The first kappa shape index (κ1) is 21.6. The van der Waals surface area contributed by atoms with Gasteiger partial charge < -0.3 is 24.6 Å². The Labute approximate surface area is 175 Å². The number of nitrogens with zero attached hydrogens (tertiary/aromatic N) is 4. The summed E-state index contributed by atoms with van der Waals surface area (Å²) in [4.78, 5) is 32.3. The van der Waals surface area contributed by atoms with Gasteiger partial charge in [-0.15, -0.1) is 0 Å². The number of rotatable bonds is 6. The summed E-state index contributed by atoms with van der Waals surface area (Å²) in [5, 5.41) is 9.05. The third kappa shape index (κ3) is 5.26. The van der Waals surface area contributed by atoms with E-state index in [0.29, 0.717) is 30.5 Å². The van der Waals surface area contributed by atoms with Gasteiger partial charge in [0.15, 0.2) is 0 Å². The minimum atomic E-state index is -0.752. The minimum Gasteiger partial charge on any atom is -0.492 e. The standard InChI is InChI=1S/C20H28N6O4/c1-5-29-16-10-14(26-8-9-30-20(2,3)12-26)6-7-15(16)23-18(27)19(28)25(4)11-17-21-13-22-24-17/h6-7,10,13H,5,8-9,11-12H2,1-4H3,(H,23,27)(H,21,22,24). The molecule has 1 aliphatic rings. The molecule has 0 atom stereocenters. The highest BCUT2D eigenvalue weighted by Crippen LogP contribution is 2.32. The van der Waals surface area contributed by atoms with Gasteiger partial charge in [0, 0.05) is 31.9 Å². The molecule has 10 heteroatoms. The van der Waals surface area contributed by atoms with Gasteiger partial charge in [-0.25, -0.2) is 4.98 Å². The Balaban J connectivity index is 1.71. The van der Waals surface area contributed by atoms with E-state index in [1.54, 1.807) is 6.07 Å². The predicted octanol–water partition coefficient (Wildman–Crippen LogP) is 1.42. The maximum absolute atomic E-state index is 12.5. The molecule has 1 aromatic carbocycles. The van der Waals surface area contributed by atoms with E-state index in [0.717, 1.165) is 18.8 Å². The largest absolute Gasteiger partial charge is 0.492 e. The number of likely N-dealkylation sites (N-methyl/N-ethyl adjacent to an activating group) is 1. The monoisotopic (exact) mass is 416 g/mol. The van der Waals surface area contributed by atoms with Crippen molar-refractivity contribution >= 4 is 23.2 Å². The second-order valence-corrected chi connectivity index (χ2v) is 7.69. The van der Waals surface area contributed by atoms with E-state index in [-0.39, 0.29) is 12.1 Å². The molecule has 0 unspecified atom stereocenters. The Hall–Kier alpha value is -3.14. The quantitative estimate of drug-likeness (QED) is 0.685. The molecule has 1 saturated heterocycles. The maximum Gasteiger partial charge on any atom is 0.314 e. The number of carbonyl (C=O) groups excluding carboxylic acids is 2. The van der Waals surface area contributed by atoms with Crippen LogP contribution in [0.25, 0.3) is 0 Å². The number of nitrogens with one attached hydrogen (secondary N) is 2. The Morgan fingerprint density at radius 2 is 2.20 bits per heavy atom. The molecular weight excluding hydrogens is 388 g/mol. The Bertz CT molecular complexity index is 883. The summed E-state index contributed by atoms with van der Waals surface area (Å²) in [6.07, 6.45) is 1.35. The fourth-order valence-corrected chi connectivity index (χ4v) is 3.28. The number of H-pyrrole nitrogens is 1. The summed E-state index contributed by atoms with van der Waals surface area (Å²) in [5.41, 5.74) is 1.18. The van der Waals surface area contributed by atoms with Crippen molar-refractivity contribution in [2.45, 2.75) is 32.9 Å². The van der Waals surface area contributed by atoms with Crippen LogP contribution in [0.4, 0.5) is 11.4 Å². The lowest BCUT2D eigenvalue weighted by molar-refractivity contribution is -0.142. The molecule has 0 bridgehead atoms. The summed E-state index contributed by atoms with van der Waals surface area (Å²) in [7, 11) is 1.52. The lowest BCUT2D eigenvalue weighted by Crippen LogP contribution is -2.48. The minimum absolute atomic E-state index is 0.149. The molecule has 0 aliphatic carbocycles. The summed E-state index contributed by atoms with van der Waals surface area (Å²) >= 11 is 0. The molecule has 2 amide bonds. The first-order valence-corrected chi connectivity index (χ1v) is 9.85. The number of ether oxygens (including phenoxy) is 2. The van der Waals surface area contributed by atoms with Gasteiger partial charge in [-0.05, 0) is 32.9 Å². The molecule has 30 heavy (non-hydrogen) atoms. The molecule has 162 valence electrons. The lowest BCUT2D eigenvalue weighted by atomic mass is 10.1. The van der Waals surface area contributed by atoms with Crippen molar-refractivity contribution in [1.29, 1.82) is 0 Å². The SMILES string of the molecule is CCOc1cc(N2CCOC(C)(C)C2)ccc1NC(=O)C(=O)N(C)Cc1ncn[nH]1. The highest BCUT2D eigenvalue weighted by Gasteiger charge is 2.28. The van der Waals surface area contributed by atoms with Crippen molar-refractivity contribution in [1.82, 2.24) is 20.1 Å². The van der Waals surface area contributed by atoms with E-state index in [4.69, 9.17) is 9.47 Å². The van der Waals surface area contributed by atoms with Crippen LogP contribution >= 0.6 is 0 Å². The third-order valence-corrected chi connectivity index (χ3v) is 4.70. The van der Waals surface area contributed by atoms with Gasteiger partial charge in [-0.1, -0.05) is 0 Å². The zero-order valence-electron chi connectivity index (χ0n) is 17.8. The molecule has 3 rings (SSSR count). The van der Waals surface area contributed by atoms with Crippen LogP contribution in [0.2, 0.25) is 0 Å². The molecule has 0 spiro atoms. The number of benzene rings is 1. The number of hydrogen-bond donors (Lipinski definition) is 2. The van der Waals surface area contributed by atoms with Gasteiger partial charge in [0.05, 0.1) is 31.0 Å². The average Bonchev–Trinajstić information content (AvgIpc) is 3.21. The van der Waals surface area contributed by atoms with Gasteiger partial charge in [-0.2, -0.15) is 5.10 Å². The van der Waals surface area contributed by atoms with E-state index < -0.39 is 11.8 Å². The van der Waals surface area contributed by atoms with Gasteiger partial charge >= 0.3 is 11.8 Å². The van der Waals surface area contributed by atoms with E-state index in [1.807, 2.05) is 19.1 Å². The second-order valence-electron chi connectivity index (χ2n) is 7.69. The van der Waals surface area contributed by atoms with E-state index in [2.05, 4.69) is 39.2 Å². The third-order valence-electron chi connectivity index (χ3n) is 4.70. The Kier molecular flexibility index (Phi) is 6.56. The van der Waals surface area contributed by atoms with Crippen LogP contribution in [-0.4, -0.2) is 70.8 Å². The average molecular weight is 416 g/mol. The van der Waals surface area contributed by atoms with Crippen molar-refractivity contribution in [2.75, 3.05) is 43.6 Å². The summed E-state index contributed by atoms with van der Waals surface area (Å²) in [6, 6.07) is 5.54. The fourth-order valence-electron chi connectivity index (χ4n) is 3.28. The molecule has 2 heterocycles. The van der Waals surface area contributed by atoms with E-state index >= 15 is 0 Å². The topological polar surface area (TPSA) is 113 Å². The number of morpholine rings is 1. The second kappa shape index (κ2) is 9.12. The fraction of sp³-hybridized carbons (Fsp3) is 0.500. The van der Waals surface area contributed by atoms with Gasteiger partial charge in [-0.3, -0.25) is 14.7 Å². The molecule has 1 aromatic heterocycles. The van der Waals surface area contributed by atoms with Crippen molar-refractivity contribution in [3.63, 3.8) is 0 Å². The highest BCUT2D eigenvalue weighted by molar-refractivity contribution is 6.39. The van der Waals surface area contributed by atoms with Crippen LogP contribution in [0, 0.1) is 0 Å². The molecule has 1 fully saturated rings. The lowest BCUT2D eigenvalue weighted by Gasteiger charge is -2.39. The van der Waals surface area contributed by atoms with Gasteiger partial charge in [0.2, 0.25) is 0 Å². The summed E-state index contributed by atoms with van der Waals surface area (Å²) in [5.74, 6) is -0.434. The summed E-state index contributed by atoms with van der Waals surface area (Å²) in [6.45, 7) is 8.71. The molecule has 0 radical (unpaired) electrons. The maximum atomic E-state index is 12.5. The number of aromatic nitrogens is 3. The number of hydrogen-bond acceptors (Lipinski definition) is 7. The van der Waals surface area contributed by atoms with Crippen molar-refractivity contribution in [2.24, 2.45) is 0 Å². The van der Waals surface area contributed by atoms with Crippen LogP contribution in [0.5, 0.6) is 5.75 Å². The highest BCUT2D eigenvalue weighted by atomic mass is 16.5. The van der Waals surface area contributed by atoms with Crippen LogP contribution in [0.1, 0.15) is 26.6 Å². The molecule has 1 aliphatic heterocycles. The number of amides is 2. The molecule has 0 saturated carbocycles. The molecular formula is C20H28N6O4. The summed E-state index contributed by atoms with van der Waals surface area (Å²) < 4.78 is 11.5. The molecule has 10 nitrogen and oxygen atoms in total. The van der Waals surface area contributed by atoms with Crippen molar-refractivity contribution < 1.29 is 19.1 Å². The van der Waals surface area contributed by atoms with E-state index in [1.165, 1.54) is 18.3 Å². The van der Waals surface area contributed by atoms with Gasteiger partial charge in [0.25, 0.3) is 0 Å². The first-order valence-electron chi connectivity index (χ1n) is 9.85. The zero-order chi connectivity index (χ0) is 21.7. The molecule has 2 N–H and O–H groups in total. The number of aromatic amines is 1. The Morgan fingerprint density at radius 1 is 1.40 bits per heavy atom. The zero-order valence-corrected chi connectivity index (χ0v) is 17.8. The number of anilines is 2. The molecule has 2 aromatic rings. The van der Waals surface area contributed by atoms with Crippen LogP contribution in [-0.2, 0) is 20.9 Å². The van der Waals surface area contributed by atoms with Crippen LogP contribution in [0.15, 0.2) is 24.5 Å². The van der Waals surface area contributed by atoms with Crippen molar-refractivity contribution in [3.8, 4) is 5.75 Å². The van der Waals surface area contributed by atoms with Crippen molar-refractivity contribution in [3.05, 3.63) is 30.4 Å². The normalized spacial score (nSPS) is 15.5. The van der Waals surface area contributed by atoms with Crippen LogP contribution < -0.4 is 15.0 Å². The smallest absolute Gasteiger partial charge is 0.314 e. The first-order chi connectivity index (χ1) is 14.3. The van der Waals surface area contributed by atoms with Crippen LogP contribution in [0.3, 0.4) is 0 Å². The number of carbonyl (C=O) groups is 2.